The summed E-state index contributed by atoms with van der Waals surface area (Å²) in [5.41, 5.74) is 11.8. The second-order valence-corrected chi connectivity index (χ2v) is 9.71. The number of rotatable bonds is 15. The first-order valence-corrected chi connectivity index (χ1v) is 12.8. The van der Waals surface area contributed by atoms with E-state index in [2.05, 4.69) is 20.3 Å². The first kappa shape index (κ1) is 32.2. The predicted molar refractivity (Wildman–Crippen MR) is 148 cm³/mol. The van der Waals surface area contributed by atoms with Crippen LogP contribution in [0.4, 0.5) is 16.0 Å². The Hall–Kier alpha value is -5.32. The van der Waals surface area contributed by atoms with Crippen LogP contribution in [0.25, 0.3) is 11.0 Å². The molecule has 3 atom stereocenters. The number of hydrogen-bond donors (Lipinski definition) is 8. The first-order valence-electron chi connectivity index (χ1n) is 12.8. The number of nitrogen functional groups attached to an aromatic ring is 1. The molecule has 3 aromatic rings. The highest BCUT2D eigenvalue weighted by atomic mass is 19.1. The Bertz CT molecular complexity index is 1560. The summed E-state index contributed by atoms with van der Waals surface area (Å²) >= 11 is 0. The maximum absolute atomic E-state index is 15.1. The van der Waals surface area contributed by atoms with Gasteiger partial charge >= 0.3 is 17.9 Å². The van der Waals surface area contributed by atoms with Gasteiger partial charge in [-0.2, -0.15) is 9.97 Å². The van der Waals surface area contributed by atoms with Gasteiger partial charge in [-0.15, -0.1) is 0 Å². The molecule has 230 valence electrons. The van der Waals surface area contributed by atoms with E-state index in [1.807, 2.05) is 0 Å². The number of carboxylic acids is 3. The number of ketones is 1. The van der Waals surface area contributed by atoms with E-state index in [-0.39, 0.29) is 11.8 Å². The molecule has 0 bridgehead atoms. The van der Waals surface area contributed by atoms with Crippen molar-refractivity contribution in [3.05, 3.63) is 41.3 Å². The van der Waals surface area contributed by atoms with Crippen molar-refractivity contribution >= 4 is 52.3 Å². The van der Waals surface area contributed by atoms with Crippen molar-refractivity contribution < 1.29 is 48.8 Å². The lowest BCUT2D eigenvalue weighted by molar-refractivity contribution is -0.148. The molecule has 0 aliphatic carbocycles. The monoisotopic (exact) mass is 603 g/mol. The van der Waals surface area contributed by atoms with Gasteiger partial charge in [0.25, 0.3) is 5.91 Å². The number of likely N-dealkylation sites (N-methyl/N-ethyl adjacent to an activating group) is 1. The van der Waals surface area contributed by atoms with Crippen LogP contribution in [-0.4, -0.2) is 90.7 Å². The van der Waals surface area contributed by atoms with Crippen molar-refractivity contribution in [1.82, 2.24) is 20.3 Å². The molecule has 1 aromatic carbocycles. The molecule has 0 aliphatic heterocycles. The van der Waals surface area contributed by atoms with E-state index in [0.717, 1.165) is 12.1 Å². The lowest BCUT2D eigenvalue weighted by atomic mass is 9.89. The number of H-pyrrole nitrogens is 1. The number of nitrogens with two attached hydrogens (primary N) is 2. The second-order valence-electron chi connectivity index (χ2n) is 9.71. The van der Waals surface area contributed by atoms with E-state index < -0.39 is 78.2 Å². The van der Waals surface area contributed by atoms with Crippen LogP contribution in [0.5, 0.6) is 5.88 Å². The molecular formula is C26H30FN7O9. The summed E-state index contributed by atoms with van der Waals surface area (Å²) in [6, 6.07) is 0.231. The maximum atomic E-state index is 15.1. The molecule has 0 spiro atoms. The third-order valence-corrected chi connectivity index (χ3v) is 6.71. The van der Waals surface area contributed by atoms with Crippen molar-refractivity contribution in [3.8, 4) is 5.88 Å². The highest BCUT2D eigenvalue weighted by molar-refractivity contribution is 6.05. The van der Waals surface area contributed by atoms with Gasteiger partial charge in [-0.25, -0.2) is 4.39 Å². The average molecular weight is 604 g/mol. The van der Waals surface area contributed by atoms with Crippen LogP contribution in [0, 0.1) is 11.7 Å². The molecule has 17 heteroatoms. The van der Waals surface area contributed by atoms with Crippen LogP contribution in [0.1, 0.15) is 35.2 Å². The molecule has 0 radical (unpaired) electrons. The number of aromatic hydroxyl groups is 1. The van der Waals surface area contributed by atoms with E-state index in [0.29, 0.717) is 35.2 Å². The number of halogens is 1. The van der Waals surface area contributed by atoms with Crippen LogP contribution in [0.2, 0.25) is 0 Å². The normalized spacial score (nSPS) is 13.2. The van der Waals surface area contributed by atoms with E-state index >= 15 is 4.39 Å². The fourth-order valence-electron chi connectivity index (χ4n) is 4.36. The molecule has 0 aliphatic rings. The Labute approximate surface area is 242 Å². The molecule has 0 fully saturated rings. The zero-order chi connectivity index (χ0) is 32.0. The summed E-state index contributed by atoms with van der Waals surface area (Å²) in [5, 5.41) is 40.2. The summed E-state index contributed by atoms with van der Waals surface area (Å²) in [5.74, 6) is -10.2. The summed E-state index contributed by atoms with van der Waals surface area (Å²) in [6.07, 6.45) is 0.0263. The van der Waals surface area contributed by atoms with Gasteiger partial charge in [-0.05, 0) is 43.0 Å². The Morgan fingerprint density at radius 1 is 1.12 bits per heavy atom. The number of Topliss-reactive ketones (excluding diaryl/α,β-unsaturated/α-hetero) is 1. The van der Waals surface area contributed by atoms with Crippen LogP contribution in [0.15, 0.2) is 24.4 Å². The van der Waals surface area contributed by atoms with E-state index in [1.54, 1.807) is 18.1 Å². The number of anilines is 2. The summed E-state index contributed by atoms with van der Waals surface area (Å²) in [7, 11) is 1.66. The van der Waals surface area contributed by atoms with Gasteiger partial charge in [0.1, 0.15) is 23.4 Å². The third-order valence-electron chi connectivity index (χ3n) is 6.71. The fourth-order valence-corrected chi connectivity index (χ4v) is 4.36. The number of benzene rings is 1. The van der Waals surface area contributed by atoms with Crippen LogP contribution in [-0.2, 0) is 25.6 Å². The first-order chi connectivity index (χ1) is 20.2. The number of carboxylic acid groups (broad SMARTS) is 3. The van der Waals surface area contributed by atoms with Crippen molar-refractivity contribution in [2.75, 3.05) is 24.2 Å². The summed E-state index contributed by atoms with van der Waals surface area (Å²) < 4.78 is 15.1. The van der Waals surface area contributed by atoms with Gasteiger partial charge in [0.05, 0.1) is 17.0 Å². The van der Waals surface area contributed by atoms with Crippen LogP contribution in [0.3, 0.4) is 0 Å². The zero-order valence-corrected chi connectivity index (χ0v) is 22.8. The number of amides is 1. The van der Waals surface area contributed by atoms with E-state index in [1.165, 1.54) is 6.07 Å². The Morgan fingerprint density at radius 3 is 2.42 bits per heavy atom. The number of aromatic amines is 1. The van der Waals surface area contributed by atoms with Crippen molar-refractivity contribution in [3.63, 3.8) is 0 Å². The molecule has 1 amide bonds. The van der Waals surface area contributed by atoms with Gasteiger partial charge in [0, 0.05) is 31.9 Å². The van der Waals surface area contributed by atoms with E-state index in [4.69, 9.17) is 21.7 Å². The molecule has 3 rings (SSSR count). The molecule has 2 aromatic heterocycles. The predicted octanol–water partition coefficient (Wildman–Crippen LogP) is 0.0988. The number of carbonyl (C=O) groups is 5. The Balaban J connectivity index is 1.74. The average Bonchev–Trinajstić information content (AvgIpc) is 3.34. The van der Waals surface area contributed by atoms with Gasteiger partial charge < -0.3 is 47.1 Å². The molecule has 0 saturated carbocycles. The van der Waals surface area contributed by atoms with E-state index in [9.17, 15) is 34.2 Å². The number of hydrogen-bond acceptors (Lipinski definition) is 11. The number of nitrogens with zero attached hydrogens (tertiary/aromatic N) is 3. The van der Waals surface area contributed by atoms with Gasteiger partial charge in [-0.3, -0.25) is 24.0 Å². The number of aliphatic carboxylic acids is 3. The topological polar surface area (TPSA) is 275 Å². The SMILES string of the molecule is CN(CCc1c[nH]c2nc(N)nc(O)c12)c1ccc(C(=O)N[C@@H](CCC(=O)O)C(=O)C(C[C@H](N)C(=O)O)C(=O)O)c(F)c1. The highest BCUT2D eigenvalue weighted by Crippen LogP contribution is 2.27. The number of aromatic nitrogens is 3. The molecule has 1 unspecified atom stereocenters. The molecule has 43 heavy (non-hydrogen) atoms. The molecule has 2 heterocycles. The van der Waals surface area contributed by atoms with Gasteiger partial charge in [0.2, 0.25) is 11.8 Å². The third kappa shape index (κ3) is 7.91. The molecule has 0 saturated heterocycles. The Kier molecular flexibility index (Phi) is 10.2. The lowest BCUT2D eigenvalue weighted by Gasteiger charge is -2.23. The maximum Gasteiger partial charge on any atom is 0.320 e. The minimum atomic E-state index is -1.96. The molecule has 10 N–H and O–H groups in total. The lowest BCUT2D eigenvalue weighted by Crippen LogP contribution is -2.47. The highest BCUT2D eigenvalue weighted by Gasteiger charge is 2.36. The van der Waals surface area contributed by atoms with Crippen LogP contribution < -0.4 is 21.7 Å². The second kappa shape index (κ2) is 13.6. The number of nitrogens with one attached hydrogen (secondary N) is 2. The zero-order valence-electron chi connectivity index (χ0n) is 22.8. The fraction of sp³-hybridized carbons (Fsp3) is 0.346. The smallest absolute Gasteiger partial charge is 0.320 e. The summed E-state index contributed by atoms with van der Waals surface area (Å²) in [6.45, 7) is 0.336. The standard InChI is InChI=1S/C26H30FN7O9/c1-34(7-6-11-10-30-21-19(11)23(39)33-26(29)32-21)12-2-3-13(15(27)8-12)22(38)31-17(4-5-18(35)36)20(37)14(24(40)41)9-16(28)25(42)43/h2-3,8,10,14,16-17H,4-7,9,28H2,1H3,(H,31,38)(H,35,36)(H,40,41)(H,42,43)(H4,29,30,32,33,39)/t14?,16-,17-/m0/s1. The van der Waals surface area contributed by atoms with Gasteiger partial charge in [0.15, 0.2) is 5.78 Å². The van der Waals surface area contributed by atoms with Crippen molar-refractivity contribution in [2.45, 2.75) is 37.8 Å². The minimum Gasteiger partial charge on any atom is -0.493 e. The number of carbonyl (C=O) groups excluding carboxylic acids is 2. The van der Waals surface area contributed by atoms with Gasteiger partial charge in [-0.1, -0.05) is 0 Å². The van der Waals surface area contributed by atoms with Crippen LogP contribution >= 0.6 is 0 Å². The quantitative estimate of drug-likeness (QED) is 0.107. The largest absolute Gasteiger partial charge is 0.493 e. The molecule has 16 nitrogen and oxygen atoms in total. The molecular weight excluding hydrogens is 573 g/mol. The minimum absolute atomic E-state index is 0.100. The van der Waals surface area contributed by atoms with Crippen molar-refractivity contribution in [1.29, 1.82) is 0 Å². The van der Waals surface area contributed by atoms with Crippen molar-refractivity contribution in [2.24, 2.45) is 11.7 Å². The number of fused-ring (bicyclic) bond motifs is 1. The Morgan fingerprint density at radius 2 is 1.81 bits per heavy atom. The summed E-state index contributed by atoms with van der Waals surface area (Å²) in [4.78, 5) is 72.1.